The van der Waals surface area contributed by atoms with Gasteiger partial charge in [0.1, 0.15) is 11.4 Å². The molecule has 1 saturated heterocycles. The van der Waals surface area contributed by atoms with Crippen LogP contribution in [0.1, 0.15) is 32.1 Å². The quantitative estimate of drug-likeness (QED) is 0.929. The number of carbonyl (C=O) groups excluding carboxylic acids is 1. The molecule has 0 unspecified atom stereocenters. The molecule has 1 aromatic carbocycles. The van der Waals surface area contributed by atoms with E-state index in [2.05, 4.69) is 18.9 Å². The van der Waals surface area contributed by atoms with Crippen molar-refractivity contribution in [1.29, 1.82) is 0 Å². The lowest BCUT2D eigenvalue weighted by Crippen LogP contribution is -2.44. The maximum atomic E-state index is 12.4. The van der Waals surface area contributed by atoms with Gasteiger partial charge in [-0.15, -0.1) is 0 Å². The number of anilines is 1. The van der Waals surface area contributed by atoms with Crippen molar-refractivity contribution in [2.45, 2.75) is 32.1 Å². The molecular formula is C17H22N4OS. The third-order valence-corrected chi connectivity index (χ3v) is 5.85. The van der Waals surface area contributed by atoms with Crippen LogP contribution in [-0.4, -0.2) is 30.4 Å². The van der Waals surface area contributed by atoms with Crippen molar-refractivity contribution in [1.82, 2.24) is 4.90 Å². The van der Waals surface area contributed by atoms with Gasteiger partial charge in [0.2, 0.25) is 5.91 Å². The Morgan fingerprint density at radius 2 is 2.09 bits per heavy atom. The number of nitrogens with zero attached hydrogens (tertiary/aromatic N) is 3. The lowest BCUT2D eigenvalue weighted by atomic mass is 9.75. The van der Waals surface area contributed by atoms with Crippen LogP contribution in [0, 0.1) is 11.8 Å². The fourth-order valence-corrected chi connectivity index (χ4v) is 4.67. The van der Waals surface area contributed by atoms with Gasteiger partial charge in [0.15, 0.2) is 0 Å². The van der Waals surface area contributed by atoms with E-state index in [9.17, 15) is 4.79 Å². The fourth-order valence-electron chi connectivity index (χ4n) is 4.12. The van der Waals surface area contributed by atoms with Gasteiger partial charge in [-0.1, -0.05) is 25.3 Å². The maximum absolute atomic E-state index is 12.4. The molecule has 4 rings (SSSR count). The standard InChI is InChI=1S/C17H22N4OS/c22-16(18-14-6-3-7-15-17(14)20-23-19-15)11-21-9-8-12-4-1-2-5-13(12)10-21/h3,6-7,12-13H,1-2,4-5,8-11H2,(H,18,22)/t12-,13+/m1/s1. The summed E-state index contributed by atoms with van der Waals surface area (Å²) >= 11 is 1.18. The van der Waals surface area contributed by atoms with E-state index in [0.717, 1.165) is 42.0 Å². The molecule has 1 N–H and O–H groups in total. The molecule has 0 radical (unpaired) electrons. The van der Waals surface area contributed by atoms with Crippen LogP contribution in [0.2, 0.25) is 0 Å². The second-order valence-electron chi connectivity index (χ2n) is 6.81. The summed E-state index contributed by atoms with van der Waals surface area (Å²) in [6.07, 6.45) is 6.74. The SMILES string of the molecule is O=C(CN1CC[C@H]2CCCC[C@H]2C1)Nc1cccc2c1N=S=N2. The van der Waals surface area contributed by atoms with Gasteiger partial charge in [-0.25, -0.2) is 0 Å². The van der Waals surface area contributed by atoms with Crippen LogP contribution < -0.4 is 5.32 Å². The largest absolute Gasteiger partial charge is 0.323 e. The third-order valence-electron chi connectivity index (χ3n) is 5.30. The summed E-state index contributed by atoms with van der Waals surface area (Å²) in [4.78, 5) is 14.7. The lowest BCUT2D eigenvalue weighted by molar-refractivity contribution is -0.118. The molecule has 0 spiro atoms. The minimum absolute atomic E-state index is 0.0553. The molecule has 1 aliphatic carbocycles. The van der Waals surface area contributed by atoms with Crippen molar-refractivity contribution < 1.29 is 4.79 Å². The Labute approximate surface area is 140 Å². The molecule has 1 amide bonds. The molecule has 2 fully saturated rings. The molecule has 6 heteroatoms. The monoisotopic (exact) mass is 330 g/mol. The van der Waals surface area contributed by atoms with Gasteiger partial charge in [0.25, 0.3) is 0 Å². The van der Waals surface area contributed by atoms with Gasteiger partial charge in [-0.2, -0.15) is 8.73 Å². The van der Waals surface area contributed by atoms with Crippen molar-refractivity contribution in [3.8, 4) is 0 Å². The Morgan fingerprint density at radius 1 is 1.22 bits per heavy atom. The number of hydrogen-bond donors (Lipinski definition) is 1. The van der Waals surface area contributed by atoms with E-state index in [4.69, 9.17) is 0 Å². The second kappa shape index (κ2) is 6.53. The number of rotatable bonds is 3. The molecule has 0 aromatic heterocycles. The van der Waals surface area contributed by atoms with E-state index in [1.54, 1.807) is 0 Å². The maximum Gasteiger partial charge on any atom is 0.238 e. The summed E-state index contributed by atoms with van der Waals surface area (Å²) in [7, 11) is 0. The van der Waals surface area contributed by atoms with Crippen LogP contribution >= 0.6 is 0 Å². The van der Waals surface area contributed by atoms with E-state index in [1.165, 1.54) is 43.5 Å². The molecule has 2 aliphatic heterocycles. The van der Waals surface area contributed by atoms with Gasteiger partial charge in [0, 0.05) is 6.54 Å². The highest BCUT2D eigenvalue weighted by atomic mass is 32.1. The normalized spacial score (nSPS) is 26.3. The number of fused-ring (bicyclic) bond motifs is 2. The summed E-state index contributed by atoms with van der Waals surface area (Å²) in [5.41, 5.74) is 2.40. The molecule has 2 heterocycles. The summed E-state index contributed by atoms with van der Waals surface area (Å²) in [5, 5.41) is 3.01. The van der Waals surface area contributed by atoms with Crippen molar-refractivity contribution in [2.75, 3.05) is 25.0 Å². The number of likely N-dealkylation sites (tertiary alicyclic amines) is 1. The topological polar surface area (TPSA) is 57.1 Å². The van der Waals surface area contributed by atoms with Crippen LogP contribution in [0.5, 0.6) is 0 Å². The van der Waals surface area contributed by atoms with Crippen LogP contribution in [0.15, 0.2) is 26.9 Å². The number of nitrogens with one attached hydrogen (secondary N) is 1. The summed E-state index contributed by atoms with van der Waals surface area (Å²) in [6, 6.07) is 5.73. The van der Waals surface area contributed by atoms with Gasteiger partial charge >= 0.3 is 0 Å². The van der Waals surface area contributed by atoms with E-state index in [-0.39, 0.29) is 5.91 Å². The molecule has 0 bridgehead atoms. The number of hydrogen-bond acceptors (Lipinski definition) is 4. The molecule has 1 aromatic rings. The Hall–Kier alpha value is -1.53. The van der Waals surface area contributed by atoms with Crippen LogP contribution in [0.3, 0.4) is 0 Å². The first-order valence-electron chi connectivity index (χ1n) is 8.53. The summed E-state index contributed by atoms with van der Waals surface area (Å²) in [6.45, 7) is 2.62. The highest BCUT2D eigenvalue weighted by molar-refractivity contribution is 7.58. The van der Waals surface area contributed by atoms with Gasteiger partial charge in [0.05, 0.1) is 23.6 Å². The minimum atomic E-state index is 0.0553. The first-order chi connectivity index (χ1) is 11.3. The second-order valence-corrected chi connectivity index (χ2v) is 7.34. The molecule has 2 atom stereocenters. The van der Waals surface area contributed by atoms with Crippen molar-refractivity contribution in [3.05, 3.63) is 18.2 Å². The van der Waals surface area contributed by atoms with E-state index in [0.29, 0.717) is 6.54 Å². The number of carbonyl (C=O) groups is 1. The average molecular weight is 330 g/mol. The average Bonchev–Trinajstić information content (AvgIpc) is 3.04. The van der Waals surface area contributed by atoms with Crippen molar-refractivity contribution >= 4 is 34.3 Å². The van der Waals surface area contributed by atoms with E-state index in [1.807, 2.05) is 18.2 Å². The molecule has 23 heavy (non-hydrogen) atoms. The Morgan fingerprint density at radius 3 is 3.00 bits per heavy atom. The number of amides is 1. The Balaban J connectivity index is 1.36. The van der Waals surface area contributed by atoms with E-state index >= 15 is 0 Å². The third kappa shape index (κ3) is 3.23. The highest BCUT2D eigenvalue weighted by Crippen LogP contribution is 2.38. The highest BCUT2D eigenvalue weighted by Gasteiger charge is 2.31. The van der Waals surface area contributed by atoms with Gasteiger partial charge in [-0.05, 0) is 43.4 Å². The zero-order valence-electron chi connectivity index (χ0n) is 13.2. The fraction of sp³-hybridized carbons (Fsp3) is 0.588. The predicted molar refractivity (Wildman–Crippen MR) is 93.1 cm³/mol. The lowest BCUT2D eigenvalue weighted by Gasteiger charge is -2.41. The van der Waals surface area contributed by atoms with Gasteiger partial charge < -0.3 is 5.32 Å². The Bertz CT molecular complexity index is 683. The minimum Gasteiger partial charge on any atom is -0.323 e. The van der Waals surface area contributed by atoms with Gasteiger partial charge in [-0.3, -0.25) is 9.69 Å². The van der Waals surface area contributed by atoms with Crippen LogP contribution in [0.4, 0.5) is 17.1 Å². The zero-order valence-corrected chi connectivity index (χ0v) is 14.0. The van der Waals surface area contributed by atoms with Crippen molar-refractivity contribution in [2.24, 2.45) is 20.6 Å². The zero-order chi connectivity index (χ0) is 15.6. The number of piperidine rings is 1. The first kappa shape index (κ1) is 15.0. The summed E-state index contributed by atoms with van der Waals surface area (Å²) in [5.74, 6) is 1.76. The molecule has 122 valence electrons. The predicted octanol–water partition coefficient (Wildman–Crippen LogP) is 3.86. The Kier molecular flexibility index (Phi) is 4.27. The van der Waals surface area contributed by atoms with Crippen molar-refractivity contribution in [3.63, 3.8) is 0 Å². The summed E-state index contributed by atoms with van der Waals surface area (Å²) < 4.78 is 8.49. The smallest absolute Gasteiger partial charge is 0.238 e. The molecule has 5 nitrogen and oxygen atoms in total. The number of benzene rings is 1. The molecular weight excluding hydrogens is 308 g/mol. The molecule has 3 aliphatic rings. The van der Waals surface area contributed by atoms with Crippen LogP contribution in [0.25, 0.3) is 0 Å². The van der Waals surface area contributed by atoms with E-state index < -0.39 is 0 Å². The van der Waals surface area contributed by atoms with Crippen LogP contribution in [-0.2, 0) is 16.1 Å². The molecule has 1 saturated carbocycles. The first-order valence-corrected chi connectivity index (χ1v) is 9.26.